The average Bonchev–Trinajstić information content (AvgIpc) is 3.16. The first-order valence-corrected chi connectivity index (χ1v) is 7.64. The van der Waals surface area contributed by atoms with Crippen LogP contribution in [0.3, 0.4) is 0 Å². The second-order valence-electron chi connectivity index (χ2n) is 6.14. The fourth-order valence-electron chi connectivity index (χ4n) is 3.20. The average molecular weight is 307 g/mol. The number of likely N-dealkylation sites (tertiary alicyclic amines) is 1. The summed E-state index contributed by atoms with van der Waals surface area (Å²) in [6.07, 6.45) is 4.97. The summed E-state index contributed by atoms with van der Waals surface area (Å²) in [7, 11) is 0. The van der Waals surface area contributed by atoms with Gasteiger partial charge in [-0.3, -0.25) is 9.59 Å². The molecule has 22 heavy (non-hydrogen) atoms. The molecule has 2 unspecified atom stereocenters. The molecule has 2 aliphatic rings. The summed E-state index contributed by atoms with van der Waals surface area (Å²) in [6.45, 7) is 3.79. The molecule has 2 aliphatic heterocycles. The van der Waals surface area contributed by atoms with E-state index in [0.717, 1.165) is 32.2 Å². The highest BCUT2D eigenvalue weighted by molar-refractivity contribution is 5.88. The summed E-state index contributed by atoms with van der Waals surface area (Å²) in [6, 6.07) is 0.0169. The van der Waals surface area contributed by atoms with Crippen molar-refractivity contribution in [2.45, 2.75) is 44.2 Å². The standard InChI is InChI=1S/C14H21N5O3/c1-14(5-3-7-22-14)13(21)18-6-2-4-10(8-18)19-9-16-12(17-19)11(15)20/h9-10H,2-8H2,1H3,(H2,15,20). The number of piperidine rings is 1. The second kappa shape index (κ2) is 5.68. The molecule has 120 valence electrons. The van der Waals surface area contributed by atoms with Crippen molar-refractivity contribution in [3.63, 3.8) is 0 Å². The number of hydrogen-bond donors (Lipinski definition) is 1. The molecule has 0 spiro atoms. The Kier molecular flexibility index (Phi) is 3.86. The van der Waals surface area contributed by atoms with Crippen molar-refractivity contribution in [2.24, 2.45) is 5.73 Å². The van der Waals surface area contributed by atoms with Crippen molar-refractivity contribution in [2.75, 3.05) is 19.7 Å². The Morgan fingerprint density at radius 1 is 1.45 bits per heavy atom. The summed E-state index contributed by atoms with van der Waals surface area (Å²) >= 11 is 0. The summed E-state index contributed by atoms with van der Waals surface area (Å²) in [5, 5.41) is 4.10. The van der Waals surface area contributed by atoms with Crippen LogP contribution in [0.1, 0.15) is 49.3 Å². The van der Waals surface area contributed by atoms with Crippen LogP contribution >= 0.6 is 0 Å². The van der Waals surface area contributed by atoms with E-state index in [9.17, 15) is 9.59 Å². The number of nitrogens with two attached hydrogens (primary N) is 1. The zero-order chi connectivity index (χ0) is 15.7. The third-order valence-electron chi connectivity index (χ3n) is 4.46. The molecule has 0 aliphatic carbocycles. The fraction of sp³-hybridized carbons (Fsp3) is 0.714. The van der Waals surface area contributed by atoms with E-state index in [2.05, 4.69) is 10.1 Å². The molecule has 2 N–H and O–H groups in total. The van der Waals surface area contributed by atoms with Gasteiger partial charge in [-0.2, -0.15) is 0 Å². The fourth-order valence-corrected chi connectivity index (χ4v) is 3.20. The van der Waals surface area contributed by atoms with Gasteiger partial charge in [0, 0.05) is 19.7 Å². The topological polar surface area (TPSA) is 103 Å². The van der Waals surface area contributed by atoms with E-state index in [-0.39, 0.29) is 17.8 Å². The molecule has 2 fully saturated rings. The molecule has 8 heteroatoms. The minimum Gasteiger partial charge on any atom is -0.365 e. The van der Waals surface area contributed by atoms with E-state index in [1.54, 1.807) is 4.68 Å². The van der Waals surface area contributed by atoms with E-state index in [4.69, 9.17) is 10.5 Å². The van der Waals surface area contributed by atoms with Crippen LogP contribution in [-0.2, 0) is 9.53 Å². The molecule has 2 saturated heterocycles. The highest BCUT2D eigenvalue weighted by Crippen LogP contribution is 2.30. The van der Waals surface area contributed by atoms with Crippen molar-refractivity contribution in [1.29, 1.82) is 0 Å². The number of primary amides is 1. The van der Waals surface area contributed by atoms with Crippen LogP contribution in [0.4, 0.5) is 0 Å². The molecule has 8 nitrogen and oxygen atoms in total. The predicted molar refractivity (Wildman–Crippen MR) is 77.0 cm³/mol. The summed E-state index contributed by atoms with van der Waals surface area (Å²) in [5.41, 5.74) is 4.48. The minimum absolute atomic E-state index is 0.00883. The third-order valence-corrected chi connectivity index (χ3v) is 4.46. The number of amides is 2. The van der Waals surface area contributed by atoms with E-state index in [0.29, 0.717) is 13.2 Å². The van der Waals surface area contributed by atoms with Crippen LogP contribution in [-0.4, -0.2) is 56.8 Å². The Morgan fingerprint density at radius 2 is 2.27 bits per heavy atom. The van der Waals surface area contributed by atoms with E-state index >= 15 is 0 Å². The Labute approximate surface area is 128 Å². The lowest BCUT2D eigenvalue weighted by Crippen LogP contribution is -2.50. The number of carbonyl (C=O) groups is 2. The monoisotopic (exact) mass is 307 g/mol. The molecule has 0 saturated carbocycles. The van der Waals surface area contributed by atoms with Crippen LogP contribution in [0.15, 0.2) is 6.33 Å². The van der Waals surface area contributed by atoms with Gasteiger partial charge in [-0.05, 0) is 32.6 Å². The van der Waals surface area contributed by atoms with Crippen LogP contribution in [0.25, 0.3) is 0 Å². The maximum absolute atomic E-state index is 12.7. The van der Waals surface area contributed by atoms with E-state index < -0.39 is 11.5 Å². The summed E-state index contributed by atoms with van der Waals surface area (Å²) in [5.74, 6) is -0.589. The number of hydrogen-bond acceptors (Lipinski definition) is 5. The maximum Gasteiger partial charge on any atom is 0.288 e. The lowest BCUT2D eigenvalue weighted by atomic mass is 9.98. The molecule has 2 amide bonds. The molecule has 1 aromatic rings. The van der Waals surface area contributed by atoms with Crippen molar-refractivity contribution >= 4 is 11.8 Å². The zero-order valence-corrected chi connectivity index (χ0v) is 12.7. The third kappa shape index (κ3) is 2.70. The van der Waals surface area contributed by atoms with Crippen molar-refractivity contribution in [3.05, 3.63) is 12.2 Å². The molecule has 0 radical (unpaired) electrons. The van der Waals surface area contributed by atoms with Crippen molar-refractivity contribution in [1.82, 2.24) is 19.7 Å². The Bertz CT molecular complexity index is 579. The van der Waals surface area contributed by atoms with E-state index in [1.807, 2.05) is 11.8 Å². The molecule has 1 aromatic heterocycles. The molecule has 0 bridgehead atoms. The lowest BCUT2D eigenvalue weighted by molar-refractivity contribution is -0.152. The van der Waals surface area contributed by atoms with Gasteiger partial charge in [-0.1, -0.05) is 0 Å². The highest BCUT2D eigenvalue weighted by atomic mass is 16.5. The Balaban J connectivity index is 1.71. The number of nitrogens with zero attached hydrogens (tertiary/aromatic N) is 4. The zero-order valence-electron chi connectivity index (χ0n) is 12.7. The van der Waals surface area contributed by atoms with Gasteiger partial charge in [-0.25, -0.2) is 9.67 Å². The van der Waals surface area contributed by atoms with Crippen LogP contribution < -0.4 is 5.73 Å². The van der Waals surface area contributed by atoms with Crippen LogP contribution in [0.5, 0.6) is 0 Å². The molecule has 2 atom stereocenters. The highest BCUT2D eigenvalue weighted by Gasteiger charge is 2.42. The SMILES string of the molecule is CC1(C(=O)N2CCCC(n3cnc(C(N)=O)n3)C2)CCCO1. The smallest absolute Gasteiger partial charge is 0.288 e. The Morgan fingerprint density at radius 3 is 2.91 bits per heavy atom. The quantitative estimate of drug-likeness (QED) is 0.853. The molecular weight excluding hydrogens is 286 g/mol. The second-order valence-corrected chi connectivity index (χ2v) is 6.14. The van der Waals surface area contributed by atoms with Gasteiger partial charge in [0.1, 0.15) is 11.9 Å². The summed E-state index contributed by atoms with van der Waals surface area (Å²) < 4.78 is 7.28. The van der Waals surface area contributed by atoms with Gasteiger partial charge < -0.3 is 15.4 Å². The predicted octanol–water partition coefficient (Wildman–Crippen LogP) is 0.110. The number of ether oxygens (including phenoxy) is 1. The van der Waals surface area contributed by atoms with Crippen LogP contribution in [0, 0.1) is 0 Å². The van der Waals surface area contributed by atoms with Gasteiger partial charge in [0.2, 0.25) is 5.82 Å². The molecule has 0 aromatic carbocycles. The van der Waals surface area contributed by atoms with Gasteiger partial charge >= 0.3 is 0 Å². The number of carbonyl (C=O) groups excluding carboxylic acids is 2. The first kappa shape index (κ1) is 15.0. The largest absolute Gasteiger partial charge is 0.365 e. The molecule has 3 rings (SSSR count). The van der Waals surface area contributed by atoms with Gasteiger partial charge in [0.25, 0.3) is 11.8 Å². The normalized spacial score (nSPS) is 28.8. The number of aromatic nitrogens is 3. The van der Waals surface area contributed by atoms with Gasteiger partial charge in [0.15, 0.2) is 0 Å². The Hall–Kier alpha value is -1.96. The van der Waals surface area contributed by atoms with Crippen molar-refractivity contribution in [3.8, 4) is 0 Å². The first-order valence-electron chi connectivity index (χ1n) is 7.64. The van der Waals surface area contributed by atoms with Gasteiger partial charge in [-0.15, -0.1) is 5.10 Å². The maximum atomic E-state index is 12.7. The lowest BCUT2D eigenvalue weighted by Gasteiger charge is -2.37. The molecule has 3 heterocycles. The first-order chi connectivity index (χ1) is 10.5. The molecular formula is C14H21N5O3. The van der Waals surface area contributed by atoms with Crippen molar-refractivity contribution < 1.29 is 14.3 Å². The summed E-state index contributed by atoms with van der Waals surface area (Å²) in [4.78, 5) is 29.5. The van der Waals surface area contributed by atoms with E-state index in [1.165, 1.54) is 6.33 Å². The number of rotatable bonds is 3. The minimum atomic E-state index is -0.692. The van der Waals surface area contributed by atoms with Gasteiger partial charge in [0.05, 0.1) is 6.04 Å². The van der Waals surface area contributed by atoms with Crippen LogP contribution in [0.2, 0.25) is 0 Å².